The van der Waals surface area contributed by atoms with Crippen LogP contribution in [-0.2, 0) is 4.79 Å². The first-order chi connectivity index (χ1) is 11.7. The van der Waals surface area contributed by atoms with E-state index in [2.05, 4.69) is 4.98 Å². The third-order valence-electron chi connectivity index (χ3n) is 3.98. The lowest BCUT2D eigenvalue weighted by molar-refractivity contribution is -0.116. The van der Waals surface area contributed by atoms with E-state index in [4.69, 9.17) is 0 Å². The van der Waals surface area contributed by atoms with E-state index in [1.54, 1.807) is 18.0 Å². The van der Waals surface area contributed by atoms with Crippen LogP contribution in [0.3, 0.4) is 0 Å². The van der Waals surface area contributed by atoms with E-state index in [-0.39, 0.29) is 5.91 Å². The second kappa shape index (κ2) is 7.49. The Kier molecular flexibility index (Phi) is 5.16. The minimum Gasteiger partial charge on any atom is -0.312 e. The number of anilines is 1. The van der Waals surface area contributed by atoms with E-state index < -0.39 is 0 Å². The highest BCUT2D eigenvalue weighted by Crippen LogP contribution is 2.27. The number of aromatic nitrogens is 1. The summed E-state index contributed by atoms with van der Waals surface area (Å²) in [4.78, 5) is 20.0. The Labute approximate surface area is 146 Å². The molecule has 24 heavy (non-hydrogen) atoms. The molecule has 0 aliphatic carbocycles. The fraction of sp³-hybridized carbons (Fsp3) is 0.200. The molecule has 1 aromatic heterocycles. The van der Waals surface area contributed by atoms with Crippen molar-refractivity contribution in [3.63, 3.8) is 0 Å². The Balaban J connectivity index is 1.78. The van der Waals surface area contributed by atoms with Crippen molar-refractivity contribution in [2.75, 3.05) is 17.2 Å². The van der Waals surface area contributed by atoms with Gasteiger partial charge >= 0.3 is 0 Å². The number of hydrogen-bond acceptors (Lipinski definition) is 3. The largest absolute Gasteiger partial charge is 0.312 e. The minimum absolute atomic E-state index is 0.123. The van der Waals surface area contributed by atoms with Crippen molar-refractivity contribution in [2.45, 2.75) is 18.7 Å². The highest BCUT2D eigenvalue weighted by molar-refractivity contribution is 8.00. The smallest absolute Gasteiger partial charge is 0.237 e. The number of hydrogen-bond donors (Lipinski definition) is 0. The second-order valence-corrected chi connectivity index (χ2v) is 6.56. The summed E-state index contributed by atoms with van der Waals surface area (Å²) in [6.07, 6.45) is 1.80. The molecular weight excluding hydrogens is 316 g/mol. The number of nitrogens with zero attached hydrogens (tertiary/aromatic N) is 2. The van der Waals surface area contributed by atoms with Crippen LogP contribution in [0.15, 0.2) is 65.7 Å². The summed E-state index contributed by atoms with van der Waals surface area (Å²) in [6, 6.07) is 18.0. The molecule has 3 aromatic rings. The summed E-state index contributed by atoms with van der Waals surface area (Å²) < 4.78 is 0. The Hall–Kier alpha value is -2.33. The molecule has 3 nitrogen and oxygen atoms in total. The van der Waals surface area contributed by atoms with Crippen LogP contribution in [0.5, 0.6) is 0 Å². The minimum atomic E-state index is 0.123. The molecule has 0 spiro atoms. The maximum absolute atomic E-state index is 12.7. The van der Waals surface area contributed by atoms with Gasteiger partial charge in [0.2, 0.25) is 5.91 Å². The van der Waals surface area contributed by atoms with E-state index in [1.165, 1.54) is 0 Å². The molecule has 0 unspecified atom stereocenters. The maximum Gasteiger partial charge on any atom is 0.237 e. The zero-order valence-corrected chi connectivity index (χ0v) is 14.7. The van der Waals surface area contributed by atoms with E-state index in [0.717, 1.165) is 27.0 Å². The van der Waals surface area contributed by atoms with Gasteiger partial charge in [-0.25, -0.2) is 0 Å². The molecule has 0 radical (unpaired) electrons. The number of carbonyl (C=O) groups excluding carboxylic acids is 1. The van der Waals surface area contributed by atoms with E-state index in [0.29, 0.717) is 12.3 Å². The number of amides is 1. The predicted octanol–water partition coefficient (Wildman–Crippen LogP) is 4.69. The molecule has 0 bridgehead atoms. The molecule has 0 aliphatic rings. The molecule has 0 fully saturated rings. The van der Waals surface area contributed by atoms with Gasteiger partial charge in [0.15, 0.2) is 0 Å². The molecule has 0 N–H and O–H groups in total. The van der Waals surface area contributed by atoms with Gasteiger partial charge < -0.3 is 4.90 Å². The summed E-state index contributed by atoms with van der Waals surface area (Å²) in [7, 11) is 0. The maximum atomic E-state index is 12.7. The van der Waals surface area contributed by atoms with Crippen molar-refractivity contribution in [1.29, 1.82) is 0 Å². The Morgan fingerprint density at radius 2 is 1.83 bits per heavy atom. The number of aryl methyl sites for hydroxylation is 1. The number of benzene rings is 2. The number of para-hydroxylation sites is 2. The fourth-order valence-corrected chi connectivity index (χ4v) is 3.68. The van der Waals surface area contributed by atoms with Crippen molar-refractivity contribution in [3.05, 3.63) is 66.4 Å². The molecule has 0 saturated carbocycles. The van der Waals surface area contributed by atoms with Crippen molar-refractivity contribution in [1.82, 2.24) is 4.98 Å². The van der Waals surface area contributed by atoms with Crippen LogP contribution in [0.4, 0.5) is 5.69 Å². The van der Waals surface area contributed by atoms with Gasteiger partial charge in [-0.3, -0.25) is 9.78 Å². The third-order valence-corrected chi connectivity index (χ3v) is 5.04. The summed E-state index contributed by atoms with van der Waals surface area (Å²) >= 11 is 1.57. The number of fused-ring (bicyclic) bond motifs is 1. The summed E-state index contributed by atoms with van der Waals surface area (Å²) in [5, 5.41) is 1.09. The van der Waals surface area contributed by atoms with Gasteiger partial charge in [-0.2, -0.15) is 0 Å². The van der Waals surface area contributed by atoms with Crippen molar-refractivity contribution < 1.29 is 4.79 Å². The molecule has 4 heteroatoms. The summed E-state index contributed by atoms with van der Waals surface area (Å²) in [5.74, 6) is 0.536. The molecular formula is C20H20N2OS. The first-order valence-electron chi connectivity index (χ1n) is 8.03. The average molecular weight is 336 g/mol. The monoisotopic (exact) mass is 336 g/mol. The predicted molar refractivity (Wildman–Crippen MR) is 102 cm³/mol. The van der Waals surface area contributed by atoms with Gasteiger partial charge in [0.05, 0.1) is 11.3 Å². The Morgan fingerprint density at radius 3 is 2.62 bits per heavy atom. The number of pyridine rings is 1. The molecule has 2 aromatic carbocycles. The second-order valence-electron chi connectivity index (χ2n) is 5.54. The highest BCUT2D eigenvalue weighted by atomic mass is 32.2. The number of rotatable bonds is 5. The van der Waals surface area contributed by atoms with Crippen molar-refractivity contribution >= 4 is 34.3 Å². The topological polar surface area (TPSA) is 33.2 Å². The van der Waals surface area contributed by atoms with Crippen LogP contribution in [0.25, 0.3) is 10.9 Å². The summed E-state index contributed by atoms with van der Waals surface area (Å²) in [5.41, 5.74) is 3.07. The first-order valence-corrected chi connectivity index (χ1v) is 9.02. The first kappa shape index (κ1) is 16.5. The molecule has 122 valence electrons. The average Bonchev–Trinajstić information content (AvgIpc) is 2.62. The molecule has 0 aliphatic heterocycles. The van der Waals surface area contributed by atoms with E-state index in [9.17, 15) is 4.79 Å². The van der Waals surface area contributed by atoms with Crippen LogP contribution in [0.2, 0.25) is 0 Å². The van der Waals surface area contributed by atoms with Gasteiger partial charge in [0.25, 0.3) is 0 Å². The standard InChI is InChI=1S/C20H20N2OS/c1-3-22(18-11-7-4-8-15(18)2)20(23)14-24-19-12-13-21-17-10-6-5-9-16(17)19/h4-13H,3,14H2,1-2H3. The van der Waals surface area contributed by atoms with Crippen molar-refractivity contribution in [3.8, 4) is 0 Å². The third kappa shape index (κ3) is 3.44. The molecule has 0 atom stereocenters. The zero-order chi connectivity index (χ0) is 16.9. The van der Waals surface area contributed by atoms with Gasteiger partial charge in [-0.15, -0.1) is 11.8 Å². The van der Waals surface area contributed by atoms with E-state index in [1.807, 2.05) is 73.3 Å². The number of thioether (sulfide) groups is 1. The van der Waals surface area contributed by atoms with Crippen LogP contribution in [-0.4, -0.2) is 23.2 Å². The van der Waals surface area contributed by atoms with Crippen LogP contribution < -0.4 is 4.90 Å². The lowest BCUT2D eigenvalue weighted by atomic mass is 10.2. The van der Waals surface area contributed by atoms with Crippen LogP contribution >= 0.6 is 11.8 Å². The quantitative estimate of drug-likeness (QED) is 0.634. The Bertz CT molecular complexity index is 858. The molecule has 1 amide bonds. The summed E-state index contributed by atoms with van der Waals surface area (Å²) in [6.45, 7) is 4.72. The number of carbonyl (C=O) groups is 1. The lowest BCUT2D eigenvalue weighted by Gasteiger charge is -2.23. The van der Waals surface area contributed by atoms with Gasteiger partial charge in [-0.1, -0.05) is 36.4 Å². The fourth-order valence-electron chi connectivity index (χ4n) is 2.76. The SMILES string of the molecule is CCN(C(=O)CSc1ccnc2ccccc12)c1ccccc1C. The van der Waals surface area contributed by atoms with Gasteiger partial charge in [-0.05, 0) is 37.6 Å². The highest BCUT2D eigenvalue weighted by Gasteiger charge is 2.16. The Morgan fingerprint density at radius 1 is 1.08 bits per heavy atom. The lowest BCUT2D eigenvalue weighted by Crippen LogP contribution is -2.32. The normalized spacial score (nSPS) is 10.8. The molecule has 0 saturated heterocycles. The molecule has 1 heterocycles. The van der Waals surface area contributed by atoms with Crippen LogP contribution in [0.1, 0.15) is 12.5 Å². The molecule has 3 rings (SSSR count). The van der Waals surface area contributed by atoms with E-state index >= 15 is 0 Å². The van der Waals surface area contributed by atoms with Gasteiger partial charge in [0, 0.05) is 28.7 Å². The van der Waals surface area contributed by atoms with Crippen LogP contribution in [0, 0.1) is 6.92 Å². The zero-order valence-electron chi connectivity index (χ0n) is 13.9. The van der Waals surface area contributed by atoms with Crippen molar-refractivity contribution in [2.24, 2.45) is 0 Å². The van der Waals surface area contributed by atoms with Gasteiger partial charge in [0.1, 0.15) is 0 Å².